The second-order valence-electron chi connectivity index (χ2n) is 7.35. The number of alkyl carbamates (subject to hydrolysis) is 1. The minimum atomic E-state index is -0.663. The minimum absolute atomic E-state index is 0.0230. The molecule has 1 N–H and O–H groups in total. The zero-order valence-corrected chi connectivity index (χ0v) is 17.4. The van der Waals surface area contributed by atoms with E-state index in [1.54, 1.807) is 26.8 Å². The Labute approximate surface area is 167 Å². The van der Waals surface area contributed by atoms with Crippen molar-refractivity contribution < 1.29 is 23.0 Å². The van der Waals surface area contributed by atoms with Gasteiger partial charge in [0.2, 0.25) is 0 Å². The molecule has 0 saturated heterocycles. The van der Waals surface area contributed by atoms with Gasteiger partial charge in [-0.25, -0.2) is 18.6 Å². The maximum atomic E-state index is 14.7. The van der Waals surface area contributed by atoms with Crippen molar-refractivity contribution in [1.29, 1.82) is 0 Å². The normalized spacial score (nSPS) is 12.3. The van der Waals surface area contributed by atoms with Crippen LogP contribution >= 0.6 is 11.3 Å². The van der Waals surface area contributed by atoms with E-state index in [4.69, 9.17) is 9.47 Å². The van der Waals surface area contributed by atoms with Crippen LogP contribution in [0.5, 0.6) is 5.75 Å². The average molecular weight is 413 g/mol. The Hall–Kier alpha value is -2.22. The molecule has 1 aromatic heterocycles. The largest absolute Gasteiger partial charge is 0.486 e. The summed E-state index contributed by atoms with van der Waals surface area (Å²) in [6.45, 7) is 6.98. The Morgan fingerprint density at radius 3 is 2.75 bits per heavy atom. The predicted molar refractivity (Wildman–Crippen MR) is 107 cm³/mol. The van der Waals surface area contributed by atoms with Gasteiger partial charge in [0.25, 0.3) is 0 Å². The minimum Gasteiger partial charge on any atom is -0.486 e. The zero-order valence-electron chi connectivity index (χ0n) is 16.6. The molecule has 0 radical (unpaired) electrons. The number of rotatable bonds is 8. The molecular formula is C20H26F2N2O3S. The number of hydrogen-bond donors (Lipinski definition) is 1. The predicted octanol–water partition coefficient (Wildman–Crippen LogP) is 5.53. The third-order valence-electron chi connectivity index (χ3n) is 3.68. The summed E-state index contributed by atoms with van der Waals surface area (Å²) >= 11 is 1.31. The molecule has 1 heterocycles. The van der Waals surface area contributed by atoms with Crippen LogP contribution in [0.3, 0.4) is 0 Å². The maximum absolute atomic E-state index is 14.7. The van der Waals surface area contributed by atoms with E-state index in [1.807, 2.05) is 0 Å². The van der Waals surface area contributed by atoms with E-state index in [-0.39, 0.29) is 24.5 Å². The number of carbonyl (C=O) groups is 1. The van der Waals surface area contributed by atoms with Crippen molar-refractivity contribution in [2.75, 3.05) is 13.2 Å². The summed E-state index contributed by atoms with van der Waals surface area (Å²) in [7, 11) is 0. The summed E-state index contributed by atoms with van der Waals surface area (Å²) in [4.78, 5) is 16.1. The first-order chi connectivity index (χ1) is 13.2. The molecule has 0 aliphatic heterocycles. The van der Waals surface area contributed by atoms with Gasteiger partial charge in [-0.1, -0.05) is 13.3 Å². The fourth-order valence-corrected chi connectivity index (χ4v) is 3.36. The number of aryl methyl sites for hydroxylation is 1. The summed E-state index contributed by atoms with van der Waals surface area (Å²) in [6.07, 6.45) is 2.53. The topological polar surface area (TPSA) is 60.5 Å². The highest BCUT2D eigenvalue weighted by molar-refractivity contribution is 7.18. The van der Waals surface area contributed by atoms with Gasteiger partial charge >= 0.3 is 6.09 Å². The van der Waals surface area contributed by atoms with E-state index >= 15 is 0 Å². The van der Waals surface area contributed by atoms with Crippen molar-refractivity contribution in [3.8, 4) is 5.75 Å². The Bertz CT molecular complexity index is 844. The third-order valence-corrected chi connectivity index (χ3v) is 4.80. The van der Waals surface area contributed by atoms with Crippen LogP contribution < -0.4 is 10.1 Å². The van der Waals surface area contributed by atoms with Crippen LogP contribution in [0.4, 0.5) is 13.6 Å². The highest BCUT2D eigenvalue weighted by Gasteiger charge is 2.17. The van der Waals surface area contributed by atoms with Crippen LogP contribution in [0.15, 0.2) is 24.0 Å². The van der Waals surface area contributed by atoms with Crippen LogP contribution in [-0.4, -0.2) is 29.8 Å². The number of fused-ring (bicyclic) bond motifs is 1. The Balaban J connectivity index is 1.97. The molecule has 0 fully saturated rings. The molecule has 0 atom stereocenters. The number of amides is 1. The van der Waals surface area contributed by atoms with Gasteiger partial charge in [0, 0.05) is 12.1 Å². The molecule has 154 valence electrons. The van der Waals surface area contributed by atoms with Gasteiger partial charge in [-0.05, 0) is 45.7 Å². The number of hydrogen-bond acceptors (Lipinski definition) is 5. The number of halogens is 2. The fraction of sp³-hybridized carbons (Fsp3) is 0.500. The van der Waals surface area contributed by atoms with Gasteiger partial charge in [-0.15, -0.1) is 11.3 Å². The summed E-state index contributed by atoms with van der Waals surface area (Å²) in [5, 5.41) is 3.33. The van der Waals surface area contributed by atoms with Crippen LogP contribution in [-0.2, 0) is 11.2 Å². The number of ether oxygens (including phenoxy) is 2. The lowest BCUT2D eigenvalue weighted by molar-refractivity contribution is 0.0531. The second kappa shape index (κ2) is 9.82. The molecule has 1 aromatic carbocycles. The van der Waals surface area contributed by atoms with Crippen molar-refractivity contribution in [2.45, 2.75) is 52.6 Å². The summed E-state index contributed by atoms with van der Waals surface area (Å²) in [6, 6.07) is 3.18. The molecule has 2 rings (SSSR count). The molecule has 1 amide bonds. The monoisotopic (exact) mass is 412 g/mol. The first-order valence-corrected chi connectivity index (χ1v) is 10.0. The van der Waals surface area contributed by atoms with Gasteiger partial charge in [0.15, 0.2) is 11.6 Å². The molecular weight excluding hydrogens is 386 g/mol. The lowest BCUT2D eigenvalue weighted by Crippen LogP contribution is -2.34. The molecule has 5 nitrogen and oxygen atoms in total. The molecule has 0 aliphatic carbocycles. The summed E-state index contributed by atoms with van der Waals surface area (Å²) < 4.78 is 38.7. The van der Waals surface area contributed by atoms with E-state index in [2.05, 4.69) is 17.2 Å². The maximum Gasteiger partial charge on any atom is 0.407 e. The van der Waals surface area contributed by atoms with Crippen LogP contribution in [0.1, 0.15) is 45.5 Å². The van der Waals surface area contributed by atoms with Crippen molar-refractivity contribution >= 4 is 27.6 Å². The molecule has 0 bridgehead atoms. The number of benzene rings is 1. The smallest absolute Gasteiger partial charge is 0.407 e. The zero-order chi connectivity index (χ0) is 20.7. The molecule has 28 heavy (non-hydrogen) atoms. The van der Waals surface area contributed by atoms with Crippen molar-refractivity contribution in [2.24, 2.45) is 0 Å². The summed E-state index contributed by atoms with van der Waals surface area (Å²) in [5.74, 6) is -0.481. The fourth-order valence-electron chi connectivity index (χ4n) is 2.33. The molecule has 0 spiro atoms. The van der Waals surface area contributed by atoms with Crippen LogP contribution in [0.25, 0.3) is 10.2 Å². The number of nitrogens with one attached hydrogen (secondary N) is 1. The second-order valence-corrected chi connectivity index (χ2v) is 8.43. The number of nitrogens with zero attached hydrogens (tertiary/aromatic N) is 1. The van der Waals surface area contributed by atoms with Crippen molar-refractivity contribution in [1.82, 2.24) is 10.3 Å². The van der Waals surface area contributed by atoms with Gasteiger partial charge in [0.05, 0.1) is 21.6 Å². The Morgan fingerprint density at radius 1 is 1.36 bits per heavy atom. The number of aromatic nitrogens is 1. The lowest BCUT2D eigenvalue weighted by Gasteiger charge is -2.20. The quantitative estimate of drug-likeness (QED) is 0.619. The van der Waals surface area contributed by atoms with Gasteiger partial charge in [-0.2, -0.15) is 0 Å². The molecule has 0 aliphatic rings. The molecule has 8 heteroatoms. The third kappa shape index (κ3) is 6.44. The Kier molecular flexibility index (Phi) is 7.74. The highest BCUT2D eigenvalue weighted by atomic mass is 32.1. The van der Waals surface area contributed by atoms with Crippen molar-refractivity contribution in [3.05, 3.63) is 34.9 Å². The molecule has 2 aromatic rings. The van der Waals surface area contributed by atoms with Gasteiger partial charge < -0.3 is 14.8 Å². The van der Waals surface area contributed by atoms with Crippen LogP contribution in [0.2, 0.25) is 0 Å². The summed E-state index contributed by atoms with van der Waals surface area (Å²) in [5.41, 5.74) is 0.0933. The van der Waals surface area contributed by atoms with E-state index in [9.17, 15) is 13.6 Å². The van der Waals surface area contributed by atoms with E-state index in [1.165, 1.54) is 17.4 Å². The standard InChI is InChI=1S/C20H26F2N2O3S/c1-5-6-7-16-24-14-8-9-15(17(22)18(14)28-16)26-12-13(10-21)11-23-19(25)27-20(2,3)4/h8-10H,5-7,11-12H2,1-4H3,(H,23,25)/b13-10-. The first kappa shape index (κ1) is 22.1. The Morgan fingerprint density at radius 2 is 2.11 bits per heavy atom. The van der Waals surface area contributed by atoms with E-state index < -0.39 is 17.5 Å². The number of carbonyl (C=O) groups excluding carboxylic acids is 1. The lowest BCUT2D eigenvalue weighted by atomic mass is 10.2. The number of unbranched alkanes of at least 4 members (excludes halogenated alkanes) is 1. The van der Waals surface area contributed by atoms with Gasteiger partial charge in [-0.3, -0.25) is 0 Å². The average Bonchev–Trinajstić information content (AvgIpc) is 3.04. The van der Waals surface area contributed by atoms with Gasteiger partial charge in [0.1, 0.15) is 12.2 Å². The van der Waals surface area contributed by atoms with Crippen LogP contribution in [0, 0.1) is 5.82 Å². The molecule has 0 saturated carbocycles. The van der Waals surface area contributed by atoms with E-state index in [0.717, 1.165) is 24.3 Å². The SMILES string of the molecule is CCCCc1nc2ccc(OC/C(=C\F)CNC(=O)OC(C)(C)C)c(F)c2s1. The molecule has 0 unspecified atom stereocenters. The van der Waals surface area contributed by atoms with E-state index in [0.29, 0.717) is 16.5 Å². The highest BCUT2D eigenvalue weighted by Crippen LogP contribution is 2.31. The number of thiazole rings is 1. The first-order valence-electron chi connectivity index (χ1n) is 9.19. The van der Waals surface area contributed by atoms with Crippen molar-refractivity contribution in [3.63, 3.8) is 0 Å².